The summed E-state index contributed by atoms with van der Waals surface area (Å²) < 4.78 is 0. The van der Waals surface area contributed by atoms with E-state index in [1.807, 2.05) is 19.9 Å². The molecule has 5 heteroatoms. The molecule has 1 aliphatic heterocycles. The first-order valence-electron chi connectivity index (χ1n) is 6.62. The molecule has 0 aromatic carbocycles. The molecule has 1 saturated heterocycles. The number of carboxylic acids is 1. The van der Waals surface area contributed by atoms with Crippen molar-refractivity contribution in [1.82, 2.24) is 14.9 Å². The van der Waals surface area contributed by atoms with E-state index in [0.29, 0.717) is 11.7 Å². The van der Waals surface area contributed by atoms with Crippen LogP contribution in [0.15, 0.2) is 12.3 Å². The minimum absolute atomic E-state index is 0.0427. The summed E-state index contributed by atoms with van der Waals surface area (Å²) in [6, 6.07) is 1.95. The first-order valence-corrected chi connectivity index (χ1v) is 6.62. The number of hydrogen-bond donors (Lipinski definition) is 1. The Morgan fingerprint density at radius 3 is 2.89 bits per heavy atom. The smallest absolute Gasteiger partial charge is 0.304 e. The minimum atomic E-state index is -0.820. The normalized spacial score (nSPS) is 20.7. The molecular weight excluding hydrogens is 242 g/mol. The van der Waals surface area contributed by atoms with Gasteiger partial charge >= 0.3 is 5.97 Å². The fourth-order valence-electron chi connectivity index (χ4n) is 2.56. The average Bonchev–Trinajstić information content (AvgIpc) is 2.74. The second kappa shape index (κ2) is 5.25. The van der Waals surface area contributed by atoms with Gasteiger partial charge < -0.3 is 10.0 Å². The summed E-state index contributed by atoms with van der Waals surface area (Å²) in [5.41, 5.74) is 0.500. The summed E-state index contributed by atoms with van der Waals surface area (Å²) in [5.74, 6) is 0.244. The molecule has 0 amide bonds. The molecule has 5 nitrogen and oxygen atoms in total. The number of aliphatic carboxylic acids is 1. The van der Waals surface area contributed by atoms with Crippen LogP contribution < -0.4 is 0 Å². The van der Waals surface area contributed by atoms with Gasteiger partial charge in [0.05, 0.1) is 6.42 Å². The molecule has 1 unspecified atom stereocenters. The molecule has 0 saturated carbocycles. The fraction of sp³-hybridized carbons (Fsp3) is 0.643. The van der Waals surface area contributed by atoms with E-state index >= 15 is 0 Å². The highest BCUT2D eigenvalue weighted by molar-refractivity contribution is 5.68. The molecule has 1 atom stereocenters. The number of likely N-dealkylation sites (N-methyl/N-ethyl adjacent to an activating group) is 1. The van der Waals surface area contributed by atoms with Gasteiger partial charge in [0, 0.05) is 29.8 Å². The number of nitrogens with zero attached hydrogens (tertiary/aromatic N) is 3. The molecule has 1 fully saturated rings. The highest BCUT2D eigenvalue weighted by Crippen LogP contribution is 2.28. The lowest BCUT2D eigenvalue weighted by atomic mass is 9.88. The van der Waals surface area contributed by atoms with E-state index in [-0.39, 0.29) is 6.42 Å². The number of rotatable bonds is 4. The first-order chi connectivity index (χ1) is 8.88. The summed E-state index contributed by atoms with van der Waals surface area (Å²) in [5, 5.41) is 8.96. The van der Waals surface area contributed by atoms with Gasteiger partial charge in [0.2, 0.25) is 0 Å². The third kappa shape index (κ3) is 3.29. The van der Waals surface area contributed by atoms with Gasteiger partial charge in [-0.15, -0.1) is 0 Å². The van der Waals surface area contributed by atoms with Crippen LogP contribution in [0.4, 0.5) is 0 Å². The van der Waals surface area contributed by atoms with Crippen LogP contribution in [0.5, 0.6) is 0 Å². The molecule has 0 bridgehead atoms. The molecule has 2 rings (SSSR count). The summed E-state index contributed by atoms with van der Waals surface area (Å²) >= 11 is 0. The van der Waals surface area contributed by atoms with Crippen molar-refractivity contribution in [3.63, 3.8) is 0 Å². The number of aromatic nitrogens is 2. The van der Waals surface area contributed by atoms with E-state index in [9.17, 15) is 4.79 Å². The van der Waals surface area contributed by atoms with Crippen LogP contribution >= 0.6 is 0 Å². The molecule has 0 aliphatic carbocycles. The van der Waals surface area contributed by atoms with Gasteiger partial charge in [-0.1, -0.05) is 13.8 Å². The lowest BCUT2D eigenvalue weighted by Gasteiger charge is -2.21. The monoisotopic (exact) mass is 263 g/mol. The molecule has 104 valence electrons. The second-order valence-corrected chi connectivity index (χ2v) is 6.01. The predicted molar refractivity (Wildman–Crippen MR) is 72.2 cm³/mol. The van der Waals surface area contributed by atoms with Gasteiger partial charge in [-0.3, -0.25) is 4.79 Å². The first kappa shape index (κ1) is 13.9. The van der Waals surface area contributed by atoms with Crippen molar-refractivity contribution >= 4 is 5.97 Å². The maximum Gasteiger partial charge on any atom is 0.304 e. The molecule has 19 heavy (non-hydrogen) atoms. The number of carbonyl (C=O) groups is 1. The summed E-state index contributed by atoms with van der Waals surface area (Å²) in [6.45, 7) is 5.85. The Bertz CT molecular complexity index is 474. The fourth-order valence-corrected chi connectivity index (χ4v) is 2.56. The summed E-state index contributed by atoms with van der Waals surface area (Å²) in [7, 11) is 2.11. The second-order valence-electron chi connectivity index (χ2n) is 6.01. The van der Waals surface area contributed by atoms with E-state index in [1.165, 1.54) is 0 Å². The average molecular weight is 263 g/mol. The largest absolute Gasteiger partial charge is 0.481 e. The molecule has 2 heterocycles. The summed E-state index contributed by atoms with van der Waals surface area (Å²) in [4.78, 5) is 22.1. The Morgan fingerprint density at radius 1 is 1.58 bits per heavy atom. The Kier molecular flexibility index (Phi) is 3.85. The standard InChI is InChI=1S/C14H21N3O2/c1-14(2,8-12(18)19)13-15-6-4-11(16-13)10-5-7-17(3)9-10/h4,6,10H,5,7-9H2,1-3H3,(H,18,19). The van der Waals surface area contributed by atoms with E-state index in [1.54, 1.807) is 6.20 Å². The zero-order chi connectivity index (χ0) is 14.0. The Labute approximate surface area is 113 Å². The topological polar surface area (TPSA) is 66.3 Å². The lowest BCUT2D eigenvalue weighted by molar-refractivity contribution is -0.138. The molecule has 1 aromatic heterocycles. The van der Waals surface area contributed by atoms with Gasteiger partial charge in [-0.2, -0.15) is 0 Å². The van der Waals surface area contributed by atoms with Crippen LogP contribution in [-0.2, 0) is 10.2 Å². The Hall–Kier alpha value is -1.49. The molecule has 1 aromatic rings. The molecule has 1 N–H and O–H groups in total. The molecular formula is C14H21N3O2. The van der Waals surface area contributed by atoms with Crippen molar-refractivity contribution < 1.29 is 9.90 Å². The van der Waals surface area contributed by atoms with Crippen LogP contribution in [0.2, 0.25) is 0 Å². The quantitative estimate of drug-likeness (QED) is 0.894. The molecule has 0 radical (unpaired) electrons. The van der Waals surface area contributed by atoms with Crippen LogP contribution in [0, 0.1) is 0 Å². The maximum atomic E-state index is 10.9. The number of hydrogen-bond acceptors (Lipinski definition) is 4. The highest BCUT2D eigenvalue weighted by Gasteiger charge is 2.29. The van der Waals surface area contributed by atoms with Gasteiger partial charge in [-0.05, 0) is 26.1 Å². The Morgan fingerprint density at radius 2 is 2.32 bits per heavy atom. The molecule has 0 spiro atoms. The van der Waals surface area contributed by atoms with E-state index in [0.717, 1.165) is 25.2 Å². The van der Waals surface area contributed by atoms with Gasteiger partial charge in [-0.25, -0.2) is 9.97 Å². The molecule has 1 aliphatic rings. The van der Waals surface area contributed by atoms with Crippen LogP contribution in [0.25, 0.3) is 0 Å². The minimum Gasteiger partial charge on any atom is -0.481 e. The third-order valence-corrected chi connectivity index (χ3v) is 3.69. The van der Waals surface area contributed by atoms with Crippen molar-refractivity contribution in [2.75, 3.05) is 20.1 Å². The van der Waals surface area contributed by atoms with Crippen molar-refractivity contribution in [2.24, 2.45) is 0 Å². The zero-order valence-electron chi connectivity index (χ0n) is 11.8. The van der Waals surface area contributed by atoms with Crippen LogP contribution in [0.1, 0.15) is 44.1 Å². The predicted octanol–water partition coefficient (Wildman–Crippen LogP) is 1.65. The number of likely N-dealkylation sites (tertiary alicyclic amines) is 1. The SMILES string of the molecule is CN1CCC(c2ccnc(C(C)(C)CC(=O)O)n2)C1. The van der Waals surface area contributed by atoms with Crippen LogP contribution in [-0.4, -0.2) is 46.1 Å². The maximum absolute atomic E-state index is 10.9. The third-order valence-electron chi connectivity index (χ3n) is 3.69. The number of carboxylic acid groups (broad SMARTS) is 1. The van der Waals surface area contributed by atoms with Gasteiger partial charge in [0.1, 0.15) is 5.82 Å². The van der Waals surface area contributed by atoms with E-state index in [2.05, 4.69) is 21.9 Å². The van der Waals surface area contributed by atoms with Crippen molar-refractivity contribution in [3.8, 4) is 0 Å². The highest BCUT2D eigenvalue weighted by atomic mass is 16.4. The van der Waals surface area contributed by atoms with Gasteiger partial charge in [0.15, 0.2) is 0 Å². The van der Waals surface area contributed by atoms with Crippen LogP contribution in [0.3, 0.4) is 0 Å². The van der Waals surface area contributed by atoms with Crippen molar-refractivity contribution in [1.29, 1.82) is 0 Å². The summed E-state index contributed by atoms with van der Waals surface area (Å²) in [6.07, 6.45) is 2.90. The van der Waals surface area contributed by atoms with Crippen molar-refractivity contribution in [2.45, 2.75) is 38.0 Å². The lowest BCUT2D eigenvalue weighted by Crippen LogP contribution is -2.25. The van der Waals surface area contributed by atoms with E-state index < -0.39 is 11.4 Å². The van der Waals surface area contributed by atoms with Gasteiger partial charge in [0.25, 0.3) is 0 Å². The van der Waals surface area contributed by atoms with Crippen molar-refractivity contribution in [3.05, 3.63) is 23.8 Å². The van der Waals surface area contributed by atoms with E-state index in [4.69, 9.17) is 5.11 Å². The zero-order valence-corrected chi connectivity index (χ0v) is 11.8. The Balaban J connectivity index is 2.21.